The van der Waals surface area contributed by atoms with Gasteiger partial charge in [0.2, 0.25) is 0 Å². The van der Waals surface area contributed by atoms with Crippen LogP contribution in [0.5, 0.6) is 0 Å². The van der Waals surface area contributed by atoms with Crippen molar-refractivity contribution >= 4 is 10.1 Å². The van der Waals surface area contributed by atoms with Crippen LogP contribution in [0.2, 0.25) is 0 Å². The van der Waals surface area contributed by atoms with E-state index >= 15 is 0 Å². The summed E-state index contributed by atoms with van der Waals surface area (Å²) in [6, 6.07) is 0. The standard InChI is InChI=1S/C6H15NO6S.C4H11NO3/c8-3-6(4-9,5-10)7-1-2-14(11,12)13;5-4(1-6,2-7)3-8/h7-10H,1-5H2,(H,11,12,13);6-8H,1-3,5H2. The van der Waals surface area contributed by atoms with Gasteiger partial charge in [-0.3, -0.25) is 4.55 Å². The summed E-state index contributed by atoms with van der Waals surface area (Å²) in [6.07, 6.45) is 0. The highest BCUT2D eigenvalue weighted by Crippen LogP contribution is 2.00. The lowest BCUT2D eigenvalue weighted by molar-refractivity contribution is 0.0440. The van der Waals surface area contributed by atoms with E-state index in [0.717, 1.165) is 0 Å². The van der Waals surface area contributed by atoms with E-state index in [9.17, 15) is 8.42 Å². The van der Waals surface area contributed by atoms with Gasteiger partial charge in [-0.25, -0.2) is 0 Å². The molecule has 0 saturated heterocycles. The molecule has 0 rings (SSSR count). The Morgan fingerprint density at radius 1 is 0.818 bits per heavy atom. The van der Waals surface area contributed by atoms with Crippen LogP contribution in [-0.4, -0.2) is 107 Å². The Hall–Kier alpha value is -0.410. The molecule has 0 saturated carbocycles. The van der Waals surface area contributed by atoms with Gasteiger partial charge in [-0.1, -0.05) is 0 Å². The second kappa shape index (κ2) is 11.2. The molecule has 12 heteroatoms. The lowest BCUT2D eigenvalue weighted by Gasteiger charge is -2.28. The maximum Gasteiger partial charge on any atom is 0.266 e. The van der Waals surface area contributed by atoms with Crippen molar-refractivity contribution in [1.82, 2.24) is 5.32 Å². The van der Waals surface area contributed by atoms with Crippen LogP contribution < -0.4 is 11.1 Å². The molecule has 22 heavy (non-hydrogen) atoms. The smallest absolute Gasteiger partial charge is 0.266 e. The average molecular weight is 350 g/mol. The maximum absolute atomic E-state index is 10.3. The van der Waals surface area contributed by atoms with Gasteiger partial charge in [0, 0.05) is 6.54 Å². The summed E-state index contributed by atoms with van der Waals surface area (Å²) in [5.41, 5.74) is 2.62. The Bertz CT molecular complexity index is 352. The van der Waals surface area contributed by atoms with E-state index in [0.29, 0.717) is 0 Å². The number of nitrogens with two attached hydrogens (primary N) is 1. The topological polar surface area (TPSA) is 214 Å². The first-order valence-corrected chi connectivity index (χ1v) is 7.82. The Morgan fingerprint density at radius 3 is 1.36 bits per heavy atom. The van der Waals surface area contributed by atoms with Gasteiger partial charge in [-0.15, -0.1) is 0 Å². The molecule has 0 spiro atoms. The van der Waals surface area contributed by atoms with Crippen LogP contribution in [0.15, 0.2) is 0 Å². The molecular formula is C10H26N2O9S. The van der Waals surface area contributed by atoms with Crippen LogP contribution >= 0.6 is 0 Å². The third kappa shape index (κ3) is 10.3. The maximum atomic E-state index is 10.3. The van der Waals surface area contributed by atoms with Crippen molar-refractivity contribution in [1.29, 1.82) is 0 Å². The van der Waals surface area contributed by atoms with Crippen molar-refractivity contribution < 1.29 is 43.6 Å². The predicted octanol–water partition coefficient (Wildman–Crippen LogP) is -5.16. The summed E-state index contributed by atoms with van der Waals surface area (Å²) in [7, 11) is -4.08. The van der Waals surface area contributed by atoms with Crippen molar-refractivity contribution in [3.05, 3.63) is 0 Å². The van der Waals surface area contributed by atoms with Gasteiger partial charge in [-0.2, -0.15) is 8.42 Å². The van der Waals surface area contributed by atoms with Crippen LogP contribution in [0.1, 0.15) is 0 Å². The fourth-order valence-corrected chi connectivity index (χ4v) is 1.27. The van der Waals surface area contributed by atoms with Gasteiger partial charge >= 0.3 is 0 Å². The summed E-state index contributed by atoms with van der Waals surface area (Å²) in [4.78, 5) is 0. The molecule has 0 bridgehead atoms. The second-order valence-corrected chi connectivity index (χ2v) is 6.38. The molecule has 0 aromatic carbocycles. The van der Waals surface area contributed by atoms with E-state index in [2.05, 4.69) is 5.32 Å². The molecule has 0 radical (unpaired) electrons. The van der Waals surface area contributed by atoms with Crippen LogP contribution in [0, 0.1) is 0 Å². The largest absolute Gasteiger partial charge is 0.394 e. The monoisotopic (exact) mass is 350 g/mol. The molecule has 136 valence electrons. The predicted molar refractivity (Wildman–Crippen MR) is 76.6 cm³/mol. The first-order chi connectivity index (χ1) is 10.1. The third-order valence-corrected chi connectivity index (χ3v) is 3.43. The number of nitrogens with one attached hydrogen (secondary N) is 1. The summed E-state index contributed by atoms with van der Waals surface area (Å²) < 4.78 is 29.0. The van der Waals surface area contributed by atoms with Crippen molar-refractivity contribution in [3.63, 3.8) is 0 Å². The Labute approximate surface area is 128 Å². The van der Waals surface area contributed by atoms with Crippen LogP contribution in [0.4, 0.5) is 0 Å². The first-order valence-electron chi connectivity index (χ1n) is 6.22. The minimum absolute atomic E-state index is 0.166. The minimum atomic E-state index is -4.08. The highest BCUT2D eigenvalue weighted by atomic mass is 32.2. The van der Waals surface area contributed by atoms with Crippen LogP contribution in [0.3, 0.4) is 0 Å². The number of aliphatic hydroxyl groups is 6. The van der Waals surface area contributed by atoms with Crippen LogP contribution in [-0.2, 0) is 10.1 Å². The van der Waals surface area contributed by atoms with Crippen molar-refractivity contribution in [2.75, 3.05) is 51.9 Å². The van der Waals surface area contributed by atoms with Crippen molar-refractivity contribution in [2.45, 2.75) is 11.1 Å². The van der Waals surface area contributed by atoms with Crippen LogP contribution in [0.25, 0.3) is 0 Å². The van der Waals surface area contributed by atoms with Gasteiger partial charge in [0.25, 0.3) is 10.1 Å². The molecule has 0 atom stereocenters. The number of aliphatic hydroxyl groups excluding tert-OH is 6. The summed E-state index contributed by atoms with van der Waals surface area (Å²) >= 11 is 0. The molecule has 11 nitrogen and oxygen atoms in total. The summed E-state index contributed by atoms with van der Waals surface area (Å²) in [5, 5.41) is 53.9. The minimum Gasteiger partial charge on any atom is -0.394 e. The Morgan fingerprint density at radius 2 is 1.18 bits per heavy atom. The molecular weight excluding hydrogens is 324 g/mol. The van der Waals surface area contributed by atoms with E-state index in [-0.39, 0.29) is 6.54 Å². The quantitative estimate of drug-likeness (QED) is 0.170. The highest BCUT2D eigenvalue weighted by molar-refractivity contribution is 7.85. The fraction of sp³-hybridized carbons (Fsp3) is 1.00. The molecule has 0 heterocycles. The van der Waals surface area contributed by atoms with Gasteiger partial charge in [0.1, 0.15) is 0 Å². The molecule has 0 aliphatic heterocycles. The Kier molecular flexibility index (Phi) is 12.1. The summed E-state index contributed by atoms with van der Waals surface area (Å²) in [5.74, 6) is -0.547. The van der Waals surface area contributed by atoms with Gasteiger partial charge in [0.05, 0.1) is 56.5 Å². The molecule has 0 aromatic heterocycles. The van der Waals surface area contributed by atoms with Gasteiger partial charge in [0.15, 0.2) is 0 Å². The molecule has 0 aliphatic rings. The molecule has 0 aliphatic carbocycles. The summed E-state index contributed by atoms with van der Waals surface area (Å²) in [6.45, 7) is -2.98. The van der Waals surface area contributed by atoms with Crippen molar-refractivity contribution in [3.8, 4) is 0 Å². The number of hydrogen-bond acceptors (Lipinski definition) is 10. The van der Waals surface area contributed by atoms with E-state index < -0.39 is 66.6 Å². The molecule has 0 unspecified atom stereocenters. The number of hydrogen-bond donors (Lipinski definition) is 9. The zero-order valence-corrected chi connectivity index (χ0v) is 12.9. The second-order valence-electron chi connectivity index (χ2n) is 4.80. The molecule has 10 N–H and O–H groups in total. The SMILES string of the molecule is NC(CO)(CO)CO.O=S(=O)(O)CCNC(CO)(CO)CO. The van der Waals surface area contributed by atoms with E-state index in [1.165, 1.54) is 0 Å². The lowest BCUT2D eigenvalue weighted by atomic mass is 10.0. The van der Waals surface area contributed by atoms with Crippen molar-refractivity contribution in [2.24, 2.45) is 5.73 Å². The third-order valence-electron chi connectivity index (χ3n) is 2.71. The normalized spacial score (nSPS) is 12.7. The van der Waals surface area contributed by atoms with E-state index in [4.69, 9.17) is 40.9 Å². The first kappa shape index (κ1) is 23.9. The average Bonchev–Trinajstić information content (AvgIpc) is 2.51. The number of rotatable bonds is 10. The molecule has 0 aromatic rings. The van der Waals surface area contributed by atoms with E-state index in [1.807, 2.05) is 0 Å². The zero-order valence-electron chi connectivity index (χ0n) is 12.1. The molecule has 0 fully saturated rings. The highest BCUT2D eigenvalue weighted by Gasteiger charge is 2.27. The lowest BCUT2D eigenvalue weighted by Crippen LogP contribution is -2.55. The zero-order chi connectivity index (χ0) is 17.9. The Balaban J connectivity index is 0. The fourth-order valence-electron chi connectivity index (χ4n) is 0.913. The van der Waals surface area contributed by atoms with Gasteiger partial charge in [-0.05, 0) is 0 Å². The van der Waals surface area contributed by atoms with E-state index in [1.54, 1.807) is 0 Å². The molecule has 0 amide bonds. The van der Waals surface area contributed by atoms with Gasteiger partial charge < -0.3 is 41.7 Å².